The van der Waals surface area contributed by atoms with Crippen LogP contribution in [-0.4, -0.2) is 33.7 Å². The number of methoxy groups -OCH3 is 2. The Morgan fingerprint density at radius 2 is 1.62 bits per heavy atom. The fourth-order valence-electron chi connectivity index (χ4n) is 2.97. The molecular weight excluding hydrogens is 330 g/mol. The number of fused-ring (bicyclic) bond motifs is 1. The van der Waals surface area contributed by atoms with Crippen LogP contribution in [0.1, 0.15) is 0 Å². The van der Waals surface area contributed by atoms with Gasteiger partial charge in [0.25, 0.3) is 0 Å². The van der Waals surface area contributed by atoms with Crippen LogP contribution in [-0.2, 0) is 0 Å². The van der Waals surface area contributed by atoms with Gasteiger partial charge in [0.05, 0.1) is 19.9 Å². The van der Waals surface area contributed by atoms with Gasteiger partial charge in [0.15, 0.2) is 0 Å². The average Bonchev–Trinajstić information content (AvgIpc) is 3.16. The lowest BCUT2D eigenvalue weighted by molar-refractivity contribution is 0.408. The van der Waals surface area contributed by atoms with E-state index in [1.165, 1.54) is 0 Å². The zero-order valence-electron chi connectivity index (χ0n) is 14.4. The Labute approximate surface area is 150 Å². The first-order chi connectivity index (χ1) is 12.7. The van der Waals surface area contributed by atoms with Crippen molar-refractivity contribution in [3.8, 4) is 39.6 Å². The Bertz CT molecular complexity index is 1070. The Kier molecular flexibility index (Phi) is 3.93. The largest absolute Gasteiger partial charge is 0.507 e. The van der Waals surface area contributed by atoms with Gasteiger partial charge in [0.1, 0.15) is 17.2 Å². The van der Waals surface area contributed by atoms with Crippen LogP contribution < -0.4 is 9.47 Å². The van der Waals surface area contributed by atoms with E-state index in [9.17, 15) is 5.11 Å². The number of phenols is 1. The zero-order valence-corrected chi connectivity index (χ0v) is 14.4. The van der Waals surface area contributed by atoms with E-state index >= 15 is 0 Å². The molecule has 2 aromatic heterocycles. The molecule has 0 atom stereocenters. The Morgan fingerprint density at radius 3 is 2.31 bits per heavy atom. The van der Waals surface area contributed by atoms with Crippen molar-refractivity contribution in [1.29, 1.82) is 0 Å². The molecule has 6 nitrogen and oxygen atoms in total. The number of nitrogens with zero attached hydrogens (tertiary/aromatic N) is 3. The minimum atomic E-state index is 0.125. The standard InChI is InChI=1S/C20H17N3O3/c1-25-14-5-3-13(4-6-14)17-12-22-20-21-9-10-23(20)19(17)16-8-7-15(26-2)11-18(16)24/h3-12,24H,1-2H3. The lowest BCUT2D eigenvalue weighted by Gasteiger charge is -2.14. The van der Waals surface area contributed by atoms with Gasteiger partial charge < -0.3 is 14.6 Å². The second kappa shape index (κ2) is 6.40. The molecule has 4 rings (SSSR count). The average molecular weight is 347 g/mol. The molecule has 0 bridgehead atoms. The molecule has 4 aromatic rings. The Hall–Kier alpha value is -3.54. The fraction of sp³-hybridized carbons (Fsp3) is 0.100. The smallest absolute Gasteiger partial charge is 0.234 e. The number of ether oxygens (including phenoxy) is 2. The number of hydrogen-bond donors (Lipinski definition) is 1. The van der Waals surface area contributed by atoms with Gasteiger partial charge in [0, 0.05) is 35.8 Å². The first kappa shape index (κ1) is 16.0. The molecule has 0 radical (unpaired) electrons. The molecule has 26 heavy (non-hydrogen) atoms. The van der Waals surface area contributed by atoms with Gasteiger partial charge in [-0.15, -0.1) is 0 Å². The molecule has 0 saturated heterocycles. The van der Waals surface area contributed by atoms with E-state index in [4.69, 9.17) is 9.47 Å². The van der Waals surface area contributed by atoms with E-state index in [-0.39, 0.29) is 5.75 Å². The van der Waals surface area contributed by atoms with Crippen LogP contribution in [0.2, 0.25) is 0 Å². The third kappa shape index (κ3) is 2.61. The molecule has 0 aliphatic carbocycles. The lowest BCUT2D eigenvalue weighted by atomic mass is 9.99. The van der Waals surface area contributed by atoms with Crippen LogP contribution >= 0.6 is 0 Å². The minimum absolute atomic E-state index is 0.125. The maximum absolute atomic E-state index is 10.6. The summed E-state index contributed by atoms with van der Waals surface area (Å²) < 4.78 is 12.3. The molecule has 0 aliphatic heterocycles. The van der Waals surface area contributed by atoms with E-state index in [0.717, 1.165) is 22.6 Å². The summed E-state index contributed by atoms with van der Waals surface area (Å²) in [7, 11) is 3.20. The third-order valence-corrected chi connectivity index (χ3v) is 4.29. The van der Waals surface area contributed by atoms with Crippen LogP contribution in [0, 0.1) is 0 Å². The Morgan fingerprint density at radius 1 is 0.885 bits per heavy atom. The molecule has 0 saturated carbocycles. The number of imidazole rings is 1. The van der Waals surface area contributed by atoms with Gasteiger partial charge in [-0.25, -0.2) is 9.97 Å². The summed E-state index contributed by atoms with van der Waals surface area (Å²) in [6.45, 7) is 0. The second-order valence-electron chi connectivity index (χ2n) is 5.73. The molecule has 130 valence electrons. The highest BCUT2D eigenvalue weighted by Gasteiger charge is 2.17. The Balaban J connectivity index is 1.98. The molecule has 0 spiro atoms. The second-order valence-corrected chi connectivity index (χ2v) is 5.73. The minimum Gasteiger partial charge on any atom is -0.507 e. The van der Waals surface area contributed by atoms with Crippen LogP contribution in [0.3, 0.4) is 0 Å². The summed E-state index contributed by atoms with van der Waals surface area (Å²) >= 11 is 0. The normalized spacial score (nSPS) is 10.8. The number of rotatable bonds is 4. The van der Waals surface area contributed by atoms with Crippen LogP contribution in [0.25, 0.3) is 28.2 Å². The SMILES string of the molecule is COc1ccc(-c2cnc3nccn3c2-c2ccc(OC)cc2O)cc1. The van der Waals surface area contributed by atoms with Crippen molar-refractivity contribution < 1.29 is 14.6 Å². The number of aromatic nitrogens is 3. The fourth-order valence-corrected chi connectivity index (χ4v) is 2.97. The highest BCUT2D eigenvalue weighted by Crippen LogP contribution is 2.38. The topological polar surface area (TPSA) is 68.9 Å². The maximum atomic E-state index is 10.6. The first-order valence-electron chi connectivity index (χ1n) is 8.05. The van der Waals surface area contributed by atoms with Crippen LogP contribution in [0.4, 0.5) is 0 Å². The van der Waals surface area contributed by atoms with Gasteiger partial charge in [-0.05, 0) is 29.8 Å². The number of benzene rings is 2. The van der Waals surface area contributed by atoms with Gasteiger partial charge in [-0.3, -0.25) is 4.40 Å². The molecule has 2 heterocycles. The van der Waals surface area contributed by atoms with Crippen LogP contribution in [0.15, 0.2) is 61.1 Å². The number of hydrogen-bond acceptors (Lipinski definition) is 5. The number of phenolic OH excluding ortho intramolecular Hbond substituents is 1. The third-order valence-electron chi connectivity index (χ3n) is 4.29. The van der Waals surface area contributed by atoms with Crippen molar-refractivity contribution in [2.24, 2.45) is 0 Å². The summed E-state index contributed by atoms with van der Waals surface area (Å²) in [5.41, 5.74) is 3.30. The monoisotopic (exact) mass is 347 g/mol. The van der Waals surface area contributed by atoms with Crippen molar-refractivity contribution in [2.75, 3.05) is 14.2 Å². The van der Waals surface area contributed by atoms with Gasteiger partial charge >= 0.3 is 0 Å². The highest BCUT2D eigenvalue weighted by molar-refractivity contribution is 5.84. The van der Waals surface area contributed by atoms with Crippen molar-refractivity contribution in [3.63, 3.8) is 0 Å². The predicted molar refractivity (Wildman–Crippen MR) is 98.6 cm³/mol. The first-order valence-corrected chi connectivity index (χ1v) is 8.05. The molecule has 6 heteroatoms. The van der Waals surface area contributed by atoms with Gasteiger partial charge in [-0.1, -0.05) is 12.1 Å². The quantitative estimate of drug-likeness (QED) is 0.608. The van der Waals surface area contributed by atoms with E-state index in [2.05, 4.69) is 9.97 Å². The van der Waals surface area contributed by atoms with Crippen molar-refractivity contribution in [1.82, 2.24) is 14.4 Å². The van der Waals surface area contributed by atoms with Crippen molar-refractivity contribution >= 4 is 5.78 Å². The summed E-state index contributed by atoms with van der Waals surface area (Å²) in [6.07, 6.45) is 5.28. The lowest BCUT2D eigenvalue weighted by Crippen LogP contribution is -1.98. The molecule has 1 N–H and O–H groups in total. The summed E-state index contributed by atoms with van der Waals surface area (Å²) in [5, 5.41) is 10.6. The molecule has 2 aromatic carbocycles. The predicted octanol–water partition coefficient (Wildman–Crippen LogP) is 3.79. The summed E-state index contributed by atoms with van der Waals surface area (Å²) in [5.74, 6) is 2.06. The molecule has 0 fully saturated rings. The zero-order chi connectivity index (χ0) is 18.1. The van der Waals surface area contributed by atoms with Crippen molar-refractivity contribution in [2.45, 2.75) is 0 Å². The summed E-state index contributed by atoms with van der Waals surface area (Å²) in [6, 6.07) is 12.9. The molecular formula is C20H17N3O3. The molecule has 0 unspecified atom stereocenters. The van der Waals surface area contributed by atoms with E-state index in [1.54, 1.807) is 32.7 Å². The number of aromatic hydroxyl groups is 1. The van der Waals surface area contributed by atoms with E-state index < -0.39 is 0 Å². The highest BCUT2D eigenvalue weighted by atomic mass is 16.5. The van der Waals surface area contributed by atoms with Crippen molar-refractivity contribution in [3.05, 3.63) is 61.1 Å². The van der Waals surface area contributed by atoms with Gasteiger partial charge in [0.2, 0.25) is 5.78 Å². The van der Waals surface area contributed by atoms with E-state index in [0.29, 0.717) is 17.1 Å². The summed E-state index contributed by atoms with van der Waals surface area (Å²) in [4.78, 5) is 8.68. The molecule has 0 aliphatic rings. The van der Waals surface area contributed by atoms with Crippen LogP contribution in [0.5, 0.6) is 17.2 Å². The molecule has 0 amide bonds. The van der Waals surface area contributed by atoms with E-state index in [1.807, 2.05) is 47.0 Å². The maximum Gasteiger partial charge on any atom is 0.234 e. The van der Waals surface area contributed by atoms with Gasteiger partial charge in [-0.2, -0.15) is 0 Å².